The van der Waals surface area contributed by atoms with Gasteiger partial charge >= 0.3 is 0 Å². The normalized spacial score (nSPS) is 11.2. The number of hydrogen-bond donors (Lipinski definition) is 0. The van der Waals surface area contributed by atoms with Gasteiger partial charge in [0.25, 0.3) is 0 Å². The quantitative estimate of drug-likeness (QED) is 0.392. The molecule has 3 nitrogen and oxygen atoms in total. The number of benzene rings is 2. The Labute approximate surface area is 182 Å². The van der Waals surface area contributed by atoms with E-state index in [1.54, 1.807) is 6.26 Å². The molecule has 0 spiro atoms. The summed E-state index contributed by atoms with van der Waals surface area (Å²) in [6.07, 6.45) is 1.79. The van der Waals surface area contributed by atoms with E-state index >= 15 is 0 Å². The van der Waals surface area contributed by atoms with Gasteiger partial charge in [-0.15, -0.1) is 0 Å². The molecule has 0 fully saturated rings. The summed E-state index contributed by atoms with van der Waals surface area (Å²) in [5.74, 6) is 1.07. The smallest absolute Gasteiger partial charge is 0.115 e. The van der Waals surface area contributed by atoms with Crippen LogP contribution in [0, 0.1) is 13.8 Å². The van der Waals surface area contributed by atoms with E-state index in [-0.39, 0.29) is 5.92 Å². The van der Waals surface area contributed by atoms with Gasteiger partial charge in [0.15, 0.2) is 0 Å². The molecule has 2 aromatic carbocycles. The Morgan fingerprint density at radius 1 is 0.700 bits per heavy atom. The van der Waals surface area contributed by atoms with Gasteiger partial charge in [-0.25, -0.2) is 0 Å². The average Bonchev–Trinajstić information content (AvgIpc) is 3.28. The fourth-order valence-corrected chi connectivity index (χ4v) is 4.38. The fraction of sp³-hybridized carbons (Fsp3) is 0.407. The number of furan rings is 1. The highest BCUT2D eigenvalue weighted by Gasteiger charge is 2.24. The molecule has 0 aliphatic heterocycles. The molecule has 3 heteroatoms. The van der Waals surface area contributed by atoms with E-state index < -0.39 is 0 Å². The number of hydrogen-bond acceptors (Lipinski definition) is 3. The largest absolute Gasteiger partial charge is 0.468 e. The zero-order valence-electron chi connectivity index (χ0n) is 19.4. The van der Waals surface area contributed by atoms with Crippen LogP contribution in [0.15, 0.2) is 59.2 Å². The molecule has 0 saturated carbocycles. The first kappa shape index (κ1) is 22.0. The minimum absolute atomic E-state index is 0.0750. The fourth-order valence-electron chi connectivity index (χ4n) is 4.38. The Bertz CT molecular complexity index is 876. The second-order valence-electron chi connectivity index (χ2n) is 7.87. The first-order valence-corrected chi connectivity index (χ1v) is 11.3. The van der Waals surface area contributed by atoms with E-state index in [1.807, 2.05) is 6.07 Å². The third-order valence-electron chi connectivity index (χ3n) is 6.23. The highest BCUT2D eigenvalue weighted by atomic mass is 16.3. The number of anilines is 2. The molecule has 0 radical (unpaired) electrons. The van der Waals surface area contributed by atoms with Crippen molar-refractivity contribution < 1.29 is 4.42 Å². The first-order chi connectivity index (χ1) is 14.5. The van der Waals surface area contributed by atoms with Crippen molar-refractivity contribution in [1.82, 2.24) is 0 Å². The minimum atomic E-state index is 0.0750. The third-order valence-corrected chi connectivity index (χ3v) is 6.23. The molecule has 160 valence electrons. The lowest BCUT2D eigenvalue weighted by atomic mass is 9.83. The molecule has 1 aromatic heterocycles. The summed E-state index contributed by atoms with van der Waals surface area (Å²) in [7, 11) is 0. The monoisotopic (exact) mass is 404 g/mol. The molecular formula is C27H36N2O. The molecule has 0 aliphatic carbocycles. The Morgan fingerprint density at radius 3 is 1.53 bits per heavy atom. The summed E-state index contributed by atoms with van der Waals surface area (Å²) >= 11 is 0. The van der Waals surface area contributed by atoms with Crippen LogP contribution in [0.5, 0.6) is 0 Å². The molecule has 0 amide bonds. The van der Waals surface area contributed by atoms with Crippen molar-refractivity contribution in [2.24, 2.45) is 0 Å². The average molecular weight is 405 g/mol. The zero-order chi connectivity index (χ0) is 21.7. The maximum Gasteiger partial charge on any atom is 0.115 e. The molecule has 0 aliphatic rings. The molecule has 1 heterocycles. The summed E-state index contributed by atoms with van der Waals surface area (Å²) in [4.78, 5) is 4.81. The van der Waals surface area contributed by atoms with E-state index in [0.717, 1.165) is 31.9 Å². The highest BCUT2D eigenvalue weighted by Crippen LogP contribution is 2.39. The Morgan fingerprint density at radius 2 is 1.17 bits per heavy atom. The van der Waals surface area contributed by atoms with Gasteiger partial charge in [0.05, 0.1) is 12.2 Å². The van der Waals surface area contributed by atoms with E-state index in [2.05, 4.69) is 93.8 Å². The van der Waals surface area contributed by atoms with Crippen molar-refractivity contribution in [2.75, 3.05) is 36.0 Å². The summed E-state index contributed by atoms with van der Waals surface area (Å²) in [5, 5.41) is 0. The van der Waals surface area contributed by atoms with Crippen molar-refractivity contribution in [3.8, 4) is 0 Å². The molecule has 0 saturated heterocycles. The van der Waals surface area contributed by atoms with Crippen LogP contribution in [0.4, 0.5) is 11.4 Å². The van der Waals surface area contributed by atoms with Crippen LogP contribution in [0.25, 0.3) is 0 Å². The Hall–Kier alpha value is -2.68. The SMILES string of the molecule is CCN(CC)c1ccc(C)c(C(c2ccco2)c2cc(N(CC)CC)ccc2C)c1. The van der Waals surface area contributed by atoms with E-state index in [4.69, 9.17) is 4.42 Å². The molecule has 3 rings (SSSR count). The highest BCUT2D eigenvalue weighted by molar-refractivity contribution is 5.59. The maximum absolute atomic E-state index is 5.99. The summed E-state index contributed by atoms with van der Waals surface area (Å²) < 4.78 is 5.99. The summed E-state index contributed by atoms with van der Waals surface area (Å²) in [6.45, 7) is 17.3. The lowest BCUT2D eigenvalue weighted by Gasteiger charge is -2.27. The summed E-state index contributed by atoms with van der Waals surface area (Å²) in [6, 6.07) is 17.8. The van der Waals surface area contributed by atoms with Crippen LogP contribution in [-0.2, 0) is 0 Å². The second-order valence-corrected chi connectivity index (χ2v) is 7.87. The number of nitrogens with zero attached hydrogens (tertiary/aromatic N) is 2. The molecule has 0 atom stereocenters. The van der Waals surface area contributed by atoms with Gasteiger partial charge in [0.2, 0.25) is 0 Å². The van der Waals surface area contributed by atoms with Crippen molar-refractivity contribution in [2.45, 2.75) is 47.5 Å². The van der Waals surface area contributed by atoms with Gasteiger partial charge in [-0.2, -0.15) is 0 Å². The van der Waals surface area contributed by atoms with Gasteiger partial charge in [0.1, 0.15) is 5.76 Å². The second kappa shape index (κ2) is 9.88. The van der Waals surface area contributed by atoms with Crippen LogP contribution in [0.2, 0.25) is 0 Å². The van der Waals surface area contributed by atoms with Crippen LogP contribution >= 0.6 is 0 Å². The predicted octanol–water partition coefficient (Wildman–Crippen LogP) is 6.77. The predicted molar refractivity (Wildman–Crippen MR) is 129 cm³/mol. The molecule has 0 N–H and O–H groups in total. The van der Waals surface area contributed by atoms with E-state index in [9.17, 15) is 0 Å². The summed E-state index contributed by atoms with van der Waals surface area (Å²) in [5.41, 5.74) is 7.76. The third kappa shape index (κ3) is 4.40. The van der Waals surface area contributed by atoms with Crippen molar-refractivity contribution in [3.63, 3.8) is 0 Å². The molecular weight excluding hydrogens is 368 g/mol. The minimum Gasteiger partial charge on any atom is -0.468 e. The zero-order valence-corrected chi connectivity index (χ0v) is 19.4. The van der Waals surface area contributed by atoms with Gasteiger partial charge in [0, 0.05) is 37.6 Å². The lowest BCUT2D eigenvalue weighted by molar-refractivity contribution is 0.502. The first-order valence-electron chi connectivity index (χ1n) is 11.3. The Balaban J connectivity index is 2.20. The van der Waals surface area contributed by atoms with Crippen LogP contribution in [0.3, 0.4) is 0 Å². The van der Waals surface area contributed by atoms with E-state index in [1.165, 1.54) is 33.6 Å². The van der Waals surface area contributed by atoms with Gasteiger partial charge in [-0.3, -0.25) is 0 Å². The maximum atomic E-state index is 5.99. The number of aryl methyl sites for hydroxylation is 2. The van der Waals surface area contributed by atoms with Crippen LogP contribution in [-0.4, -0.2) is 26.2 Å². The molecule has 3 aromatic rings. The molecule has 0 bridgehead atoms. The van der Waals surface area contributed by atoms with Gasteiger partial charge in [-0.05, 0) is 100 Å². The molecule has 0 unspecified atom stereocenters. The van der Waals surface area contributed by atoms with Crippen molar-refractivity contribution in [3.05, 3.63) is 82.8 Å². The van der Waals surface area contributed by atoms with Crippen molar-refractivity contribution >= 4 is 11.4 Å². The number of rotatable bonds is 9. The standard InChI is InChI=1S/C27H36N2O/c1-7-28(8-2)22-15-13-20(5)24(18-22)27(26-12-11-17-30-26)25-19-23(16-14-21(25)6)29(9-3)10-4/h11-19,27H,7-10H2,1-6H3. The molecule has 30 heavy (non-hydrogen) atoms. The van der Waals surface area contributed by atoms with Crippen molar-refractivity contribution in [1.29, 1.82) is 0 Å². The van der Waals surface area contributed by atoms with Gasteiger partial charge in [-0.1, -0.05) is 12.1 Å². The van der Waals surface area contributed by atoms with Gasteiger partial charge < -0.3 is 14.2 Å². The van der Waals surface area contributed by atoms with Crippen LogP contribution < -0.4 is 9.80 Å². The Kier molecular flexibility index (Phi) is 7.25. The topological polar surface area (TPSA) is 19.6 Å². The van der Waals surface area contributed by atoms with E-state index in [0.29, 0.717) is 0 Å². The lowest BCUT2D eigenvalue weighted by Crippen LogP contribution is -2.23. The van der Waals surface area contributed by atoms with Crippen LogP contribution in [0.1, 0.15) is 61.6 Å².